The van der Waals surface area contributed by atoms with Crippen molar-refractivity contribution in [2.45, 2.75) is 12.6 Å². The van der Waals surface area contributed by atoms with Gasteiger partial charge in [0, 0.05) is 0 Å². The van der Waals surface area contributed by atoms with Gasteiger partial charge < -0.3 is 0 Å². The highest BCUT2D eigenvalue weighted by Crippen LogP contribution is 2.58. The molecule has 0 saturated heterocycles. The molecule has 0 aliphatic carbocycles. The minimum Gasteiger partial charge on any atom is -0.0622 e. The maximum atomic E-state index is 2.34. The van der Waals surface area contributed by atoms with Gasteiger partial charge in [-0.3, -0.25) is 0 Å². The van der Waals surface area contributed by atoms with E-state index in [2.05, 4.69) is 146 Å². The lowest BCUT2D eigenvalue weighted by Gasteiger charge is -2.28. The van der Waals surface area contributed by atoms with Crippen LogP contribution < -0.4 is 15.9 Å². The number of benzene rings is 5. The third-order valence-corrected chi connectivity index (χ3v) is 10.7. The molecule has 33 heavy (non-hydrogen) atoms. The molecular formula is C32H28P+. The maximum Gasteiger partial charge on any atom is 0.116 e. The van der Waals surface area contributed by atoms with Crippen LogP contribution in [0, 0.1) is 0 Å². The Balaban J connectivity index is 1.70. The normalized spacial score (nSPS) is 11.3. The lowest BCUT2D eigenvalue weighted by atomic mass is 10.0. The van der Waals surface area contributed by atoms with Crippen molar-refractivity contribution >= 4 is 23.2 Å². The summed E-state index contributed by atoms with van der Waals surface area (Å²) in [5, 5.41) is 4.28. The molecule has 1 heteroatoms. The minimum atomic E-state index is -1.91. The van der Waals surface area contributed by atoms with Gasteiger partial charge in [-0.25, -0.2) is 0 Å². The van der Waals surface area contributed by atoms with Crippen LogP contribution in [0.5, 0.6) is 0 Å². The summed E-state index contributed by atoms with van der Waals surface area (Å²) in [6.07, 6.45) is 1.96. The predicted molar refractivity (Wildman–Crippen MR) is 145 cm³/mol. The van der Waals surface area contributed by atoms with Crippen molar-refractivity contribution in [2.24, 2.45) is 0 Å². The van der Waals surface area contributed by atoms with E-state index in [9.17, 15) is 0 Å². The molecule has 0 heterocycles. The molecule has 0 amide bonds. The molecule has 0 unspecified atom stereocenters. The second-order valence-electron chi connectivity index (χ2n) is 8.41. The topological polar surface area (TPSA) is 0 Å². The van der Waals surface area contributed by atoms with E-state index in [4.69, 9.17) is 0 Å². The average molecular weight is 444 g/mol. The molecule has 0 aromatic heterocycles. The van der Waals surface area contributed by atoms with Gasteiger partial charge in [-0.05, 0) is 59.5 Å². The summed E-state index contributed by atoms with van der Waals surface area (Å²) in [5.41, 5.74) is 4.20. The number of rotatable bonds is 7. The summed E-state index contributed by atoms with van der Waals surface area (Å²) in [5.74, 6) is 0. The molecule has 0 fully saturated rings. The highest BCUT2D eigenvalue weighted by atomic mass is 31.2. The van der Waals surface area contributed by atoms with Crippen LogP contribution in [-0.2, 0) is 12.6 Å². The van der Waals surface area contributed by atoms with Crippen LogP contribution in [0.4, 0.5) is 0 Å². The van der Waals surface area contributed by atoms with Crippen LogP contribution in [0.15, 0.2) is 146 Å². The summed E-state index contributed by atoms with van der Waals surface area (Å²) in [6.45, 7) is 0. The lowest BCUT2D eigenvalue weighted by molar-refractivity contribution is 1.14. The summed E-state index contributed by atoms with van der Waals surface area (Å²) in [6, 6.07) is 53.3. The Kier molecular flexibility index (Phi) is 6.47. The summed E-state index contributed by atoms with van der Waals surface area (Å²) >= 11 is 0. The summed E-state index contributed by atoms with van der Waals surface area (Å²) in [4.78, 5) is 0. The molecule has 0 atom stereocenters. The Labute approximate surface area is 197 Å². The second-order valence-corrected chi connectivity index (χ2v) is 11.9. The largest absolute Gasteiger partial charge is 0.116 e. The quantitative estimate of drug-likeness (QED) is 0.244. The zero-order chi connectivity index (χ0) is 22.3. The number of hydrogen-bond acceptors (Lipinski definition) is 0. The van der Waals surface area contributed by atoms with E-state index in [1.165, 1.54) is 32.6 Å². The van der Waals surface area contributed by atoms with E-state index in [1.807, 2.05) is 0 Å². The predicted octanol–water partition coefficient (Wildman–Crippen LogP) is 6.77. The van der Waals surface area contributed by atoms with Crippen LogP contribution in [0.3, 0.4) is 0 Å². The molecule has 0 radical (unpaired) electrons. The SMILES string of the molecule is c1ccc(Cc2ccccc2C[P+](c2ccccc2)(c2ccccc2)c2ccccc2)cc1. The van der Waals surface area contributed by atoms with Crippen molar-refractivity contribution in [3.63, 3.8) is 0 Å². The zero-order valence-corrected chi connectivity index (χ0v) is 19.6. The zero-order valence-electron chi connectivity index (χ0n) is 18.7. The van der Waals surface area contributed by atoms with Gasteiger partial charge >= 0.3 is 0 Å². The van der Waals surface area contributed by atoms with Crippen molar-refractivity contribution in [3.05, 3.63) is 162 Å². The lowest BCUT2D eigenvalue weighted by Crippen LogP contribution is -2.32. The Morgan fingerprint density at radius 1 is 0.364 bits per heavy atom. The highest BCUT2D eigenvalue weighted by Gasteiger charge is 2.45. The first-order valence-electron chi connectivity index (χ1n) is 11.5. The summed E-state index contributed by atoms with van der Waals surface area (Å²) < 4.78 is 0. The van der Waals surface area contributed by atoms with Gasteiger partial charge in [0.1, 0.15) is 23.2 Å². The maximum absolute atomic E-state index is 2.34. The van der Waals surface area contributed by atoms with Gasteiger partial charge in [0.25, 0.3) is 0 Å². The highest BCUT2D eigenvalue weighted by molar-refractivity contribution is 7.95. The van der Waals surface area contributed by atoms with E-state index in [1.54, 1.807) is 0 Å². The molecule has 0 aliphatic heterocycles. The Morgan fingerprint density at radius 2 is 0.727 bits per heavy atom. The van der Waals surface area contributed by atoms with E-state index in [0.717, 1.165) is 12.6 Å². The third-order valence-electron chi connectivity index (χ3n) is 6.35. The van der Waals surface area contributed by atoms with Crippen molar-refractivity contribution < 1.29 is 0 Å². The Hall–Kier alpha value is -3.47. The molecule has 0 aliphatic rings. The molecule has 5 aromatic carbocycles. The molecule has 5 rings (SSSR count). The average Bonchev–Trinajstić information content (AvgIpc) is 2.90. The first kappa shape index (κ1) is 21.4. The first-order chi connectivity index (χ1) is 16.4. The van der Waals surface area contributed by atoms with Gasteiger partial charge in [0.15, 0.2) is 0 Å². The van der Waals surface area contributed by atoms with E-state index >= 15 is 0 Å². The smallest absolute Gasteiger partial charge is 0.0622 e. The van der Waals surface area contributed by atoms with Crippen molar-refractivity contribution in [1.82, 2.24) is 0 Å². The monoisotopic (exact) mass is 443 g/mol. The number of hydrogen-bond donors (Lipinski definition) is 0. The molecule has 160 valence electrons. The van der Waals surface area contributed by atoms with E-state index < -0.39 is 7.26 Å². The van der Waals surface area contributed by atoms with Crippen LogP contribution in [-0.4, -0.2) is 0 Å². The van der Waals surface area contributed by atoms with Crippen molar-refractivity contribution in [2.75, 3.05) is 0 Å². The molecule has 0 N–H and O–H groups in total. The third kappa shape index (κ3) is 4.54. The first-order valence-corrected chi connectivity index (χ1v) is 13.5. The van der Waals surface area contributed by atoms with Gasteiger partial charge in [0.05, 0.1) is 6.16 Å². The van der Waals surface area contributed by atoms with Crippen molar-refractivity contribution in [3.8, 4) is 0 Å². The molecule has 0 spiro atoms. The van der Waals surface area contributed by atoms with Gasteiger partial charge in [-0.2, -0.15) is 0 Å². The van der Waals surface area contributed by atoms with Crippen LogP contribution in [0.1, 0.15) is 16.7 Å². The molecule has 0 bridgehead atoms. The van der Waals surface area contributed by atoms with Crippen LogP contribution in [0.25, 0.3) is 0 Å². The van der Waals surface area contributed by atoms with E-state index in [-0.39, 0.29) is 0 Å². The Bertz CT molecular complexity index is 1180. The van der Waals surface area contributed by atoms with Gasteiger partial charge in [0.2, 0.25) is 0 Å². The van der Waals surface area contributed by atoms with Crippen LogP contribution in [0.2, 0.25) is 0 Å². The molecule has 5 aromatic rings. The fourth-order valence-corrected chi connectivity index (χ4v) is 9.03. The molecule has 0 nitrogen and oxygen atoms in total. The fraction of sp³-hybridized carbons (Fsp3) is 0.0625. The fourth-order valence-electron chi connectivity index (χ4n) is 4.72. The molecule has 0 saturated carbocycles. The second kappa shape index (κ2) is 9.99. The van der Waals surface area contributed by atoms with Crippen LogP contribution >= 0.6 is 7.26 Å². The van der Waals surface area contributed by atoms with Gasteiger partial charge in [-0.15, -0.1) is 0 Å². The standard InChI is InChI=1S/C32H28P/c1-5-15-27(16-6-1)25-28-17-13-14-18-29(28)26-33(30-19-7-2-8-20-30,31-21-9-3-10-22-31)32-23-11-4-12-24-32/h1-24H,25-26H2/q+1. The van der Waals surface area contributed by atoms with Crippen molar-refractivity contribution in [1.29, 1.82) is 0 Å². The van der Waals surface area contributed by atoms with Gasteiger partial charge in [-0.1, -0.05) is 109 Å². The molecular weight excluding hydrogens is 415 g/mol. The Morgan fingerprint density at radius 3 is 1.18 bits per heavy atom. The minimum absolute atomic E-state index is 0.954. The summed E-state index contributed by atoms with van der Waals surface area (Å²) in [7, 11) is -1.91. The van der Waals surface area contributed by atoms with E-state index in [0.29, 0.717) is 0 Å².